The lowest BCUT2D eigenvalue weighted by molar-refractivity contribution is -0.132. The van der Waals surface area contributed by atoms with Crippen molar-refractivity contribution in [3.63, 3.8) is 0 Å². The molecule has 1 aliphatic rings. The van der Waals surface area contributed by atoms with E-state index in [4.69, 9.17) is 9.47 Å². The molecule has 108 valence electrons. The maximum atomic E-state index is 11.9. The van der Waals surface area contributed by atoms with Gasteiger partial charge in [0.1, 0.15) is 6.61 Å². The van der Waals surface area contributed by atoms with Crippen LogP contribution in [0.4, 0.5) is 0 Å². The van der Waals surface area contributed by atoms with Gasteiger partial charge < -0.3 is 20.1 Å². The van der Waals surface area contributed by atoms with Gasteiger partial charge in [-0.1, -0.05) is 19.1 Å². The number of hydrogen-bond donors (Lipinski definition) is 2. The van der Waals surface area contributed by atoms with Gasteiger partial charge >= 0.3 is 0 Å². The fraction of sp³-hybridized carbons (Fsp3) is 0.429. The molecule has 1 aromatic rings. The monoisotopic (exact) mass is 278 g/mol. The Hall–Kier alpha value is -2.24. The van der Waals surface area contributed by atoms with Crippen molar-refractivity contribution in [3.05, 3.63) is 24.3 Å². The van der Waals surface area contributed by atoms with Gasteiger partial charge in [0.25, 0.3) is 5.91 Å². The van der Waals surface area contributed by atoms with E-state index in [1.54, 1.807) is 18.2 Å². The highest BCUT2D eigenvalue weighted by Crippen LogP contribution is 2.30. The molecule has 1 aliphatic heterocycles. The molecular weight excluding hydrogens is 260 g/mol. The standard InChI is InChI=1S/C14H18N2O4/c1-2-7-15-13(17)8-16-14(18)12-9-19-10-5-3-4-6-11(10)20-12/h3-6,12H,2,7-9H2,1H3,(H,15,17)(H,16,18)/t12-/m1/s1. The molecular formula is C14H18N2O4. The predicted molar refractivity (Wildman–Crippen MR) is 72.7 cm³/mol. The summed E-state index contributed by atoms with van der Waals surface area (Å²) in [6.45, 7) is 2.65. The Labute approximate surface area is 117 Å². The third kappa shape index (κ3) is 3.63. The summed E-state index contributed by atoms with van der Waals surface area (Å²) in [7, 11) is 0. The van der Waals surface area contributed by atoms with E-state index in [1.165, 1.54) is 0 Å². The molecule has 0 spiro atoms. The first-order valence-corrected chi connectivity index (χ1v) is 6.63. The molecule has 20 heavy (non-hydrogen) atoms. The maximum absolute atomic E-state index is 11.9. The zero-order valence-electron chi connectivity index (χ0n) is 11.3. The first kappa shape index (κ1) is 14.2. The molecule has 2 amide bonds. The van der Waals surface area contributed by atoms with Gasteiger partial charge in [-0.3, -0.25) is 9.59 Å². The molecule has 1 atom stereocenters. The summed E-state index contributed by atoms with van der Waals surface area (Å²) in [5.41, 5.74) is 0. The summed E-state index contributed by atoms with van der Waals surface area (Å²) >= 11 is 0. The van der Waals surface area contributed by atoms with E-state index < -0.39 is 6.10 Å². The molecule has 0 fully saturated rings. The van der Waals surface area contributed by atoms with Crippen molar-refractivity contribution in [2.45, 2.75) is 19.4 Å². The van der Waals surface area contributed by atoms with Crippen molar-refractivity contribution in [1.29, 1.82) is 0 Å². The SMILES string of the molecule is CCCNC(=O)CNC(=O)[C@H]1COc2ccccc2O1. The van der Waals surface area contributed by atoms with Gasteiger partial charge in [-0.25, -0.2) is 0 Å². The van der Waals surface area contributed by atoms with Crippen molar-refractivity contribution >= 4 is 11.8 Å². The Bertz CT molecular complexity index is 490. The minimum absolute atomic E-state index is 0.0552. The quantitative estimate of drug-likeness (QED) is 0.821. The van der Waals surface area contributed by atoms with Gasteiger partial charge in [-0.15, -0.1) is 0 Å². The molecule has 6 nitrogen and oxygen atoms in total. The summed E-state index contributed by atoms with van der Waals surface area (Å²) in [5.74, 6) is 0.593. The van der Waals surface area contributed by atoms with Crippen LogP contribution in [0.25, 0.3) is 0 Å². The summed E-state index contributed by atoms with van der Waals surface area (Å²) in [6, 6.07) is 7.16. The molecule has 2 N–H and O–H groups in total. The van der Waals surface area contributed by atoms with Crippen molar-refractivity contribution in [3.8, 4) is 11.5 Å². The van der Waals surface area contributed by atoms with Crippen LogP contribution in [0, 0.1) is 0 Å². The second-order valence-corrected chi connectivity index (χ2v) is 4.43. The van der Waals surface area contributed by atoms with Crippen LogP contribution in [0.5, 0.6) is 11.5 Å². The van der Waals surface area contributed by atoms with Crippen LogP contribution >= 0.6 is 0 Å². The normalized spacial score (nSPS) is 16.4. The number of ether oxygens (including phenoxy) is 2. The van der Waals surface area contributed by atoms with Crippen LogP contribution in [0.15, 0.2) is 24.3 Å². The smallest absolute Gasteiger partial charge is 0.265 e. The average Bonchev–Trinajstić information content (AvgIpc) is 2.50. The zero-order chi connectivity index (χ0) is 14.4. The van der Waals surface area contributed by atoms with Crippen LogP contribution in [0.1, 0.15) is 13.3 Å². The third-order valence-electron chi connectivity index (χ3n) is 2.80. The van der Waals surface area contributed by atoms with E-state index >= 15 is 0 Å². The highest BCUT2D eigenvalue weighted by atomic mass is 16.6. The van der Waals surface area contributed by atoms with Crippen LogP contribution in [0.3, 0.4) is 0 Å². The second kappa shape index (κ2) is 6.79. The summed E-state index contributed by atoms with van der Waals surface area (Å²) in [6.07, 6.45) is 0.125. The van der Waals surface area contributed by atoms with Crippen molar-refractivity contribution < 1.29 is 19.1 Å². The number of amides is 2. The number of carbonyl (C=O) groups excluding carboxylic acids is 2. The summed E-state index contributed by atoms with van der Waals surface area (Å²) in [5, 5.41) is 5.22. The molecule has 0 saturated carbocycles. The van der Waals surface area contributed by atoms with E-state index in [0.29, 0.717) is 18.0 Å². The van der Waals surface area contributed by atoms with E-state index in [0.717, 1.165) is 6.42 Å². The van der Waals surface area contributed by atoms with Gasteiger partial charge in [-0.2, -0.15) is 0 Å². The van der Waals surface area contributed by atoms with Gasteiger partial charge in [0.05, 0.1) is 6.54 Å². The van der Waals surface area contributed by atoms with Crippen LogP contribution in [-0.4, -0.2) is 37.6 Å². The zero-order valence-corrected chi connectivity index (χ0v) is 11.3. The van der Waals surface area contributed by atoms with Crippen LogP contribution in [-0.2, 0) is 9.59 Å². The lowest BCUT2D eigenvalue weighted by Crippen LogP contribution is -2.47. The Morgan fingerprint density at radius 1 is 1.25 bits per heavy atom. The molecule has 0 aliphatic carbocycles. The van der Waals surface area contributed by atoms with Crippen LogP contribution in [0.2, 0.25) is 0 Å². The van der Waals surface area contributed by atoms with Gasteiger partial charge in [0.2, 0.25) is 12.0 Å². The molecule has 0 aromatic heterocycles. The maximum Gasteiger partial charge on any atom is 0.265 e. The lowest BCUT2D eigenvalue weighted by atomic mass is 10.2. The van der Waals surface area contributed by atoms with Crippen molar-refractivity contribution in [2.24, 2.45) is 0 Å². The second-order valence-electron chi connectivity index (χ2n) is 4.43. The number of rotatable bonds is 5. The molecule has 1 aromatic carbocycles. The Morgan fingerprint density at radius 2 is 2.00 bits per heavy atom. The topological polar surface area (TPSA) is 76.7 Å². The average molecular weight is 278 g/mol. The Balaban J connectivity index is 1.81. The highest BCUT2D eigenvalue weighted by molar-refractivity contribution is 5.87. The minimum Gasteiger partial charge on any atom is -0.485 e. The number of benzene rings is 1. The first-order chi connectivity index (χ1) is 9.70. The highest BCUT2D eigenvalue weighted by Gasteiger charge is 2.27. The van der Waals surface area contributed by atoms with Crippen LogP contribution < -0.4 is 20.1 Å². The minimum atomic E-state index is -0.733. The van der Waals surface area contributed by atoms with E-state index in [-0.39, 0.29) is 25.0 Å². The molecule has 0 bridgehead atoms. The van der Waals surface area contributed by atoms with E-state index in [2.05, 4.69) is 10.6 Å². The van der Waals surface area contributed by atoms with Crippen molar-refractivity contribution in [1.82, 2.24) is 10.6 Å². The van der Waals surface area contributed by atoms with Crippen molar-refractivity contribution in [2.75, 3.05) is 19.7 Å². The summed E-state index contributed by atoms with van der Waals surface area (Å²) < 4.78 is 11.0. The van der Waals surface area contributed by atoms with Gasteiger partial charge in [0, 0.05) is 6.54 Å². The largest absolute Gasteiger partial charge is 0.485 e. The number of carbonyl (C=O) groups is 2. The third-order valence-corrected chi connectivity index (χ3v) is 2.80. The molecule has 6 heteroatoms. The molecule has 1 heterocycles. The fourth-order valence-electron chi connectivity index (χ4n) is 1.76. The number of para-hydroxylation sites is 2. The first-order valence-electron chi connectivity index (χ1n) is 6.63. The predicted octanol–water partition coefficient (Wildman–Crippen LogP) is 0.469. The van der Waals surface area contributed by atoms with Gasteiger partial charge in [-0.05, 0) is 18.6 Å². The molecule has 2 rings (SSSR count). The van der Waals surface area contributed by atoms with E-state index in [9.17, 15) is 9.59 Å². The molecule has 0 unspecified atom stereocenters. The lowest BCUT2D eigenvalue weighted by Gasteiger charge is -2.25. The fourth-order valence-corrected chi connectivity index (χ4v) is 1.76. The molecule has 0 radical (unpaired) electrons. The van der Waals surface area contributed by atoms with E-state index in [1.807, 2.05) is 13.0 Å². The summed E-state index contributed by atoms with van der Waals surface area (Å²) in [4.78, 5) is 23.3. The number of nitrogens with one attached hydrogen (secondary N) is 2. The Kier molecular flexibility index (Phi) is 4.81. The molecule has 0 saturated heterocycles. The number of fused-ring (bicyclic) bond motifs is 1. The Morgan fingerprint density at radius 3 is 2.75 bits per heavy atom. The van der Waals surface area contributed by atoms with Gasteiger partial charge in [0.15, 0.2) is 11.5 Å². The number of hydrogen-bond acceptors (Lipinski definition) is 4.